The average Bonchev–Trinajstić information content (AvgIpc) is 2.63. The Labute approximate surface area is 135 Å². The van der Waals surface area contributed by atoms with E-state index in [2.05, 4.69) is 45.2 Å². The van der Waals surface area contributed by atoms with Gasteiger partial charge >= 0.3 is 0 Å². The Kier molecular flexibility index (Phi) is 3.47. The van der Waals surface area contributed by atoms with Gasteiger partial charge in [-0.3, -0.25) is 4.98 Å². The summed E-state index contributed by atoms with van der Waals surface area (Å²) in [5.41, 5.74) is 2.97. The third kappa shape index (κ3) is 2.45. The van der Waals surface area contributed by atoms with E-state index in [1.165, 1.54) is 17.3 Å². The molecular weight excluding hydrogens is 288 g/mol. The van der Waals surface area contributed by atoms with Crippen LogP contribution in [0.5, 0.6) is 0 Å². The van der Waals surface area contributed by atoms with Crippen LogP contribution in [0, 0.1) is 11.3 Å². The Bertz CT molecular complexity index is 760. The Hall–Kier alpha value is -2.45. The number of nitriles is 1. The van der Waals surface area contributed by atoms with Gasteiger partial charge in [-0.1, -0.05) is 24.3 Å². The van der Waals surface area contributed by atoms with Crippen molar-refractivity contribution in [2.24, 2.45) is 0 Å². The molecule has 0 amide bonds. The highest BCUT2D eigenvalue weighted by Gasteiger charge is 2.40. The lowest BCUT2D eigenvalue weighted by molar-refractivity contribution is -0.0767. The van der Waals surface area contributed by atoms with Gasteiger partial charge < -0.3 is 9.64 Å². The maximum Gasteiger partial charge on any atom is 0.161 e. The van der Waals surface area contributed by atoms with E-state index < -0.39 is 0 Å². The molecule has 0 atom stereocenters. The minimum atomic E-state index is -0.161. The first kappa shape index (κ1) is 14.2. The highest BCUT2D eigenvalue weighted by Crippen LogP contribution is 2.41. The summed E-state index contributed by atoms with van der Waals surface area (Å²) in [5, 5.41) is 8.98. The third-order valence-corrected chi connectivity index (χ3v) is 4.89. The van der Waals surface area contributed by atoms with Crippen molar-refractivity contribution in [2.75, 3.05) is 24.6 Å². The highest BCUT2D eigenvalue weighted by molar-refractivity contribution is 5.41. The van der Waals surface area contributed by atoms with Gasteiger partial charge in [-0.25, -0.2) is 4.98 Å². The van der Waals surface area contributed by atoms with Crippen molar-refractivity contribution in [3.8, 4) is 6.07 Å². The fourth-order valence-electron chi connectivity index (χ4n) is 3.69. The Morgan fingerprint density at radius 1 is 1.17 bits per heavy atom. The molecule has 1 aromatic carbocycles. The molecule has 1 spiro atoms. The van der Waals surface area contributed by atoms with Gasteiger partial charge in [0.2, 0.25) is 0 Å². The maximum atomic E-state index is 8.98. The topological polar surface area (TPSA) is 62.0 Å². The van der Waals surface area contributed by atoms with E-state index >= 15 is 0 Å². The fourth-order valence-corrected chi connectivity index (χ4v) is 3.69. The number of rotatable bonds is 1. The molecule has 4 rings (SSSR count). The molecule has 5 nitrogen and oxygen atoms in total. The molecule has 1 fully saturated rings. The van der Waals surface area contributed by atoms with Crippen LogP contribution >= 0.6 is 0 Å². The molecule has 2 aliphatic heterocycles. The van der Waals surface area contributed by atoms with E-state index in [9.17, 15) is 0 Å². The molecule has 23 heavy (non-hydrogen) atoms. The van der Waals surface area contributed by atoms with Crippen LogP contribution in [0.1, 0.15) is 29.7 Å². The van der Waals surface area contributed by atoms with E-state index in [0.29, 0.717) is 5.69 Å². The number of benzene rings is 1. The van der Waals surface area contributed by atoms with Crippen LogP contribution in [0.25, 0.3) is 0 Å². The minimum Gasteiger partial charge on any atom is -0.370 e. The molecule has 2 aromatic rings. The predicted molar refractivity (Wildman–Crippen MR) is 86.0 cm³/mol. The molecule has 0 N–H and O–H groups in total. The number of hydrogen-bond donors (Lipinski definition) is 0. The molecule has 0 bridgehead atoms. The van der Waals surface area contributed by atoms with Gasteiger partial charge in [-0.05, 0) is 30.4 Å². The number of fused-ring (bicyclic) bond motifs is 2. The van der Waals surface area contributed by atoms with Crippen LogP contribution in [0.15, 0.2) is 36.7 Å². The van der Waals surface area contributed by atoms with E-state index in [1.807, 2.05) is 0 Å². The third-order valence-electron chi connectivity index (χ3n) is 4.89. The summed E-state index contributed by atoms with van der Waals surface area (Å²) < 4.78 is 6.25. The van der Waals surface area contributed by atoms with Gasteiger partial charge in [-0.15, -0.1) is 0 Å². The van der Waals surface area contributed by atoms with Crippen molar-refractivity contribution < 1.29 is 4.74 Å². The maximum absolute atomic E-state index is 8.98. The van der Waals surface area contributed by atoms with E-state index in [4.69, 9.17) is 10.00 Å². The molecule has 0 radical (unpaired) electrons. The van der Waals surface area contributed by atoms with Gasteiger partial charge in [0.15, 0.2) is 5.69 Å². The Morgan fingerprint density at radius 2 is 2.00 bits per heavy atom. The highest BCUT2D eigenvalue weighted by atomic mass is 16.5. The van der Waals surface area contributed by atoms with Gasteiger partial charge in [0, 0.05) is 13.1 Å². The summed E-state index contributed by atoms with van der Waals surface area (Å²) in [6.07, 6.45) is 6.09. The van der Waals surface area contributed by atoms with Crippen molar-refractivity contribution in [3.63, 3.8) is 0 Å². The van der Waals surface area contributed by atoms with Crippen LogP contribution in [0.2, 0.25) is 0 Å². The van der Waals surface area contributed by atoms with Crippen molar-refractivity contribution in [2.45, 2.75) is 24.9 Å². The molecule has 0 saturated carbocycles. The lowest BCUT2D eigenvalue weighted by atomic mass is 9.79. The van der Waals surface area contributed by atoms with Crippen molar-refractivity contribution in [1.29, 1.82) is 5.26 Å². The minimum absolute atomic E-state index is 0.161. The number of piperidine rings is 1. The lowest BCUT2D eigenvalue weighted by Crippen LogP contribution is -2.47. The van der Waals surface area contributed by atoms with E-state index in [1.54, 1.807) is 6.20 Å². The number of hydrogen-bond acceptors (Lipinski definition) is 5. The zero-order chi connectivity index (χ0) is 15.7. The summed E-state index contributed by atoms with van der Waals surface area (Å²) in [7, 11) is 0. The van der Waals surface area contributed by atoms with E-state index in [0.717, 1.165) is 44.8 Å². The standard InChI is InChI=1S/C18H18N4O/c19-11-15-12-20-13-17(21-15)22-8-6-18(7-9-22)16-4-2-1-3-14(16)5-10-23-18/h1-4,12-13H,5-10H2. The van der Waals surface area contributed by atoms with Crippen molar-refractivity contribution >= 4 is 5.82 Å². The molecule has 2 aliphatic rings. The zero-order valence-electron chi connectivity index (χ0n) is 12.9. The lowest BCUT2D eigenvalue weighted by Gasteiger charge is -2.45. The van der Waals surface area contributed by atoms with Crippen LogP contribution in [-0.2, 0) is 16.8 Å². The molecule has 0 aliphatic carbocycles. The Morgan fingerprint density at radius 3 is 2.83 bits per heavy atom. The summed E-state index contributed by atoms with van der Waals surface area (Å²) in [5.74, 6) is 0.781. The monoisotopic (exact) mass is 306 g/mol. The van der Waals surface area contributed by atoms with Crippen molar-refractivity contribution in [1.82, 2.24) is 9.97 Å². The second-order valence-electron chi connectivity index (χ2n) is 6.11. The van der Waals surface area contributed by atoms with E-state index in [-0.39, 0.29) is 5.60 Å². The molecular formula is C18H18N4O. The SMILES string of the molecule is N#Cc1cncc(N2CCC3(CC2)OCCc2ccccc23)n1. The molecule has 116 valence electrons. The molecule has 3 heterocycles. The molecule has 5 heteroatoms. The second kappa shape index (κ2) is 5.64. The molecule has 1 saturated heterocycles. The average molecular weight is 306 g/mol. The summed E-state index contributed by atoms with van der Waals surface area (Å²) >= 11 is 0. The van der Waals surface area contributed by atoms with Crippen molar-refractivity contribution in [3.05, 3.63) is 53.5 Å². The first-order valence-corrected chi connectivity index (χ1v) is 8.00. The van der Waals surface area contributed by atoms with Crippen LogP contribution in [0.4, 0.5) is 5.82 Å². The fraction of sp³-hybridized carbons (Fsp3) is 0.389. The summed E-state index contributed by atoms with van der Waals surface area (Å²) in [6.45, 7) is 2.51. The van der Waals surface area contributed by atoms with Crippen LogP contribution in [-0.4, -0.2) is 29.7 Å². The van der Waals surface area contributed by atoms with Gasteiger partial charge in [0.25, 0.3) is 0 Å². The smallest absolute Gasteiger partial charge is 0.161 e. The Balaban J connectivity index is 1.57. The normalized spacial score (nSPS) is 19.2. The predicted octanol–water partition coefficient (Wildman–Crippen LogP) is 2.42. The first-order valence-electron chi connectivity index (χ1n) is 8.00. The van der Waals surface area contributed by atoms with Gasteiger partial charge in [0.1, 0.15) is 11.9 Å². The molecule has 1 aromatic heterocycles. The van der Waals surface area contributed by atoms with Crippen LogP contribution in [0.3, 0.4) is 0 Å². The summed E-state index contributed by atoms with van der Waals surface area (Å²) in [4.78, 5) is 10.7. The van der Waals surface area contributed by atoms with Gasteiger partial charge in [0.05, 0.1) is 24.6 Å². The number of anilines is 1. The summed E-state index contributed by atoms with van der Waals surface area (Å²) in [6, 6.07) is 10.7. The number of ether oxygens (including phenoxy) is 1. The quantitative estimate of drug-likeness (QED) is 0.809. The number of nitrogens with zero attached hydrogens (tertiary/aromatic N) is 4. The number of aromatic nitrogens is 2. The second-order valence-corrected chi connectivity index (χ2v) is 6.11. The largest absolute Gasteiger partial charge is 0.370 e. The van der Waals surface area contributed by atoms with Crippen LogP contribution < -0.4 is 4.90 Å². The zero-order valence-corrected chi connectivity index (χ0v) is 12.9. The molecule has 0 unspecified atom stereocenters. The van der Waals surface area contributed by atoms with Gasteiger partial charge in [-0.2, -0.15) is 5.26 Å². The first-order chi connectivity index (χ1) is 11.3.